The quantitative estimate of drug-likeness (QED) is 0.164. The Labute approximate surface area is 366 Å². The van der Waals surface area contributed by atoms with Crippen LogP contribution < -0.4 is 0 Å². The largest absolute Gasteiger partial charge is 0.309 e. The molecule has 296 valence electrons. The lowest BCUT2D eigenvalue weighted by Crippen LogP contribution is -2.05. The summed E-state index contributed by atoms with van der Waals surface area (Å²) in [5.41, 5.74) is 7.09. The lowest BCUT2D eigenvalue weighted by atomic mass is 10.00. The number of fused-ring (bicyclic) bond motifs is 13. The molecule has 3 heterocycles. The summed E-state index contributed by atoms with van der Waals surface area (Å²) in [4.78, 5) is 5.22. The van der Waals surface area contributed by atoms with Crippen molar-refractivity contribution in [2.45, 2.75) is 19.6 Å². The lowest BCUT2D eigenvalue weighted by molar-refractivity contribution is 1.19. The van der Waals surface area contributed by atoms with Crippen molar-refractivity contribution in [1.29, 1.82) is 0 Å². The first-order valence-corrected chi connectivity index (χ1v) is 23.3. The zero-order chi connectivity index (χ0) is 41.5. The molecule has 0 bridgehead atoms. The Hall–Kier alpha value is -7.85. The second-order valence-corrected chi connectivity index (χ2v) is 19.5. The number of rotatable bonds is 5. The molecule has 3 heteroatoms. The Morgan fingerprint density at radius 3 is 1.08 bits per heavy atom. The molecule has 0 unspecified atom stereocenters. The second-order valence-electron chi connectivity index (χ2n) is 16.4. The zero-order valence-electron chi connectivity index (χ0n) is 34.4. The summed E-state index contributed by atoms with van der Waals surface area (Å²) < 4.78 is 5.05. The average Bonchev–Trinajstić information content (AvgIpc) is 3.88. The van der Waals surface area contributed by atoms with Crippen molar-refractivity contribution in [1.82, 2.24) is 8.97 Å². The Kier molecular flexibility index (Phi) is 8.03. The van der Waals surface area contributed by atoms with E-state index in [-0.39, 0.29) is 0 Å². The molecule has 63 heavy (non-hydrogen) atoms. The smallest absolute Gasteiger partial charge is 0.0621 e. The summed E-state index contributed by atoms with van der Waals surface area (Å²) in [7, 11) is -1.96. The summed E-state index contributed by atoms with van der Waals surface area (Å²) >= 11 is 0. The van der Waals surface area contributed by atoms with Gasteiger partial charge < -0.3 is 8.97 Å². The van der Waals surface area contributed by atoms with Crippen LogP contribution in [0, 0.1) is 0 Å². The molecule has 0 amide bonds. The number of benzene rings is 10. The zero-order valence-corrected chi connectivity index (χ0v) is 35.2. The first-order valence-electron chi connectivity index (χ1n) is 21.7. The van der Waals surface area contributed by atoms with Gasteiger partial charge in [0.2, 0.25) is 0 Å². The SMILES string of the molecule is c1ccc(S(c2ccccc2)(c2ccccc2)c2ccc3c(c2)c2cc(-n4c5ccccc5c5ccccc54)cc4c5ccccc5c5ccccc5c5ccccc5n3c42)cc1. The van der Waals surface area contributed by atoms with Gasteiger partial charge in [-0.2, -0.15) is 0 Å². The Balaban J connectivity index is 1.29. The summed E-state index contributed by atoms with van der Waals surface area (Å²) in [5, 5.41) is 12.3. The molecule has 13 rings (SSSR count). The van der Waals surface area contributed by atoms with E-state index in [4.69, 9.17) is 0 Å². The topological polar surface area (TPSA) is 9.34 Å². The third-order valence-electron chi connectivity index (χ3n) is 13.2. The van der Waals surface area contributed by atoms with E-state index in [0.717, 1.165) is 5.69 Å². The van der Waals surface area contributed by atoms with Crippen LogP contribution in [0.1, 0.15) is 0 Å². The highest BCUT2D eigenvalue weighted by Gasteiger charge is 2.34. The Morgan fingerprint density at radius 2 is 0.587 bits per heavy atom. The van der Waals surface area contributed by atoms with Crippen molar-refractivity contribution < 1.29 is 0 Å². The maximum atomic E-state index is 2.57. The minimum Gasteiger partial charge on any atom is -0.309 e. The highest BCUT2D eigenvalue weighted by molar-refractivity contribution is 8.34. The van der Waals surface area contributed by atoms with Gasteiger partial charge in [-0.25, -0.2) is 0 Å². The normalized spacial score (nSPS) is 12.4. The van der Waals surface area contributed by atoms with Crippen LogP contribution in [-0.2, 0) is 0 Å². The van der Waals surface area contributed by atoms with Crippen LogP contribution >= 0.6 is 10.0 Å². The van der Waals surface area contributed by atoms with Gasteiger partial charge >= 0.3 is 0 Å². The maximum Gasteiger partial charge on any atom is 0.0621 e. The summed E-state index contributed by atoms with van der Waals surface area (Å²) in [6, 6.07) is 90.6. The van der Waals surface area contributed by atoms with E-state index in [9.17, 15) is 0 Å². The summed E-state index contributed by atoms with van der Waals surface area (Å²) in [6.07, 6.45) is 0. The minimum atomic E-state index is -1.96. The maximum absolute atomic E-state index is 2.57. The molecule has 0 saturated heterocycles. The Morgan fingerprint density at radius 1 is 0.238 bits per heavy atom. The highest BCUT2D eigenvalue weighted by atomic mass is 32.3. The van der Waals surface area contributed by atoms with Gasteiger partial charge in [0.25, 0.3) is 0 Å². The first-order chi connectivity index (χ1) is 31.3. The molecular formula is C60H40N2S. The van der Waals surface area contributed by atoms with E-state index in [1.807, 2.05) is 0 Å². The third-order valence-corrected chi connectivity index (χ3v) is 17.1. The Bertz CT molecular complexity index is 3810. The molecule has 0 fully saturated rings. The van der Waals surface area contributed by atoms with Crippen LogP contribution in [0.4, 0.5) is 0 Å². The van der Waals surface area contributed by atoms with Crippen molar-refractivity contribution in [3.05, 3.63) is 243 Å². The number of aromatic nitrogens is 2. The van der Waals surface area contributed by atoms with Gasteiger partial charge in [0.1, 0.15) is 0 Å². The summed E-state index contributed by atoms with van der Waals surface area (Å²) in [5.74, 6) is 0. The molecule has 0 saturated carbocycles. The van der Waals surface area contributed by atoms with E-state index in [1.165, 1.54) is 101 Å². The molecule has 10 aromatic carbocycles. The van der Waals surface area contributed by atoms with Gasteiger partial charge in [0.05, 0.1) is 27.6 Å². The number of nitrogens with zero attached hydrogens (tertiary/aromatic N) is 2. The standard InChI is InChI=1S/C60H40N2S/c1-4-20-42(21-5-1)63(43-22-6-2-7-23-43,44-24-8-3-9-25-44)45-36-37-59-53(40-45)55-39-41(61-56-33-17-15-31-51(56)52-32-16-18-34-57(52)61)38-54-49-29-13-11-27-47(49)46-26-10-12-28-48(46)50-30-14-19-35-58(50)62(59)60(54)55/h1-40H. The van der Waals surface area contributed by atoms with E-state index < -0.39 is 10.0 Å². The lowest BCUT2D eigenvalue weighted by Gasteiger charge is -2.42. The molecular weight excluding hydrogens is 781 g/mol. The van der Waals surface area contributed by atoms with Crippen molar-refractivity contribution in [2.24, 2.45) is 0 Å². The van der Waals surface area contributed by atoms with Crippen molar-refractivity contribution in [2.75, 3.05) is 0 Å². The van der Waals surface area contributed by atoms with Crippen LogP contribution in [0.5, 0.6) is 0 Å². The van der Waals surface area contributed by atoms with Crippen LogP contribution in [0.15, 0.2) is 262 Å². The second kappa shape index (κ2) is 14.1. The highest BCUT2D eigenvalue weighted by Crippen LogP contribution is 2.73. The molecule has 0 aliphatic rings. The number of hydrogen-bond acceptors (Lipinski definition) is 0. The molecule has 3 aromatic heterocycles. The first kappa shape index (κ1) is 35.9. The van der Waals surface area contributed by atoms with Crippen molar-refractivity contribution in [3.63, 3.8) is 0 Å². The molecule has 0 spiro atoms. The fraction of sp³-hybridized carbons (Fsp3) is 0. The molecule has 0 aliphatic heterocycles. The van der Waals surface area contributed by atoms with Crippen LogP contribution in [-0.4, -0.2) is 8.97 Å². The van der Waals surface area contributed by atoms with Crippen molar-refractivity contribution in [3.8, 4) is 5.69 Å². The van der Waals surface area contributed by atoms with Gasteiger partial charge in [-0.15, -0.1) is 10.0 Å². The fourth-order valence-electron chi connectivity index (χ4n) is 10.6. The van der Waals surface area contributed by atoms with Crippen LogP contribution in [0.2, 0.25) is 0 Å². The van der Waals surface area contributed by atoms with Gasteiger partial charge in [-0.1, -0.05) is 158 Å². The third kappa shape index (κ3) is 5.21. The van der Waals surface area contributed by atoms with Crippen LogP contribution in [0.25, 0.3) is 87.1 Å². The predicted octanol–water partition coefficient (Wildman–Crippen LogP) is 16.7. The molecule has 0 N–H and O–H groups in total. The van der Waals surface area contributed by atoms with Gasteiger partial charge in [-0.05, 0) is 106 Å². The van der Waals surface area contributed by atoms with E-state index in [1.54, 1.807) is 0 Å². The molecule has 13 aromatic rings. The van der Waals surface area contributed by atoms with E-state index in [2.05, 4.69) is 252 Å². The molecule has 0 atom stereocenters. The fourth-order valence-corrected chi connectivity index (χ4v) is 14.5. The average molecular weight is 821 g/mol. The molecule has 0 radical (unpaired) electrons. The van der Waals surface area contributed by atoms with E-state index in [0.29, 0.717) is 0 Å². The molecule has 2 nitrogen and oxygen atoms in total. The molecule has 0 aliphatic carbocycles. The summed E-state index contributed by atoms with van der Waals surface area (Å²) in [6.45, 7) is 0. The predicted molar refractivity (Wildman–Crippen MR) is 268 cm³/mol. The minimum absolute atomic E-state index is 1.14. The van der Waals surface area contributed by atoms with Gasteiger partial charge in [0.15, 0.2) is 0 Å². The van der Waals surface area contributed by atoms with E-state index >= 15 is 0 Å². The van der Waals surface area contributed by atoms with Gasteiger partial charge in [-0.3, -0.25) is 0 Å². The monoisotopic (exact) mass is 820 g/mol. The number of hydrogen-bond donors (Lipinski definition) is 0. The van der Waals surface area contributed by atoms with Gasteiger partial charge in [0, 0.05) is 57.6 Å². The van der Waals surface area contributed by atoms with Crippen LogP contribution in [0.3, 0.4) is 0 Å². The number of para-hydroxylation sites is 3. The van der Waals surface area contributed by atoms with Crippen molar-refractivity contribution >= 4 is 91.5 Å².